The second-order valence-electron chi connectivity index (χ2n) is 3.32. The number of rotatable bonds is 2. The molecule has 2 aliphatic rings. The topological polar surface area (TPSA) is 18.5 Å². The van der Waals surface area contributed by atoms with E-state index in [1.807, 2.05) is 0 Å². The standard InChI is InChI=1S/C7H12O2S/c10-5-9-6-1-7(2-6)3-8-4-7/h6,10H,1-5H2. The SMILES string of the molecule is SCOC1CC2(COC2)C1. The van der Waals surface area contributed by atoms with E-state index in [1.165, 1.54) is 12.8 Å². The van der Waals surface area contributed by atoms with E-state index in [0.29, 0.717) is 17.5 Å². The van der Waals surface area contributed by atoms with Gasteiger partial charge in [0.1, 0.15) is 0 Å². The Hall–Kier alpha value is 0.270. The van der Waals surface area contributed by atoms with Crippen LogP contribution in [0.5, 0.6) is 0 Å². The first kappa shape index (κ1) is 6.95. The number of hydrogen-bond donors (Lipinski definition) is 1. The van der Waals surface area contributed by atoms with Crippen LogP contribution in [-0.4, -0.2) is 25.3 Å². The predicted octanol–water partition coefficient (Wildman–Crippen LogP) is 1.07. The molecule has 1 saturated carbocycles. The molecule has 1 saturated heterocycles. The summed E-state index contributed by atoms with van der Waals surface area (Å²) in [6, 6.07) is 0. The van der Waals surface area contributed by atoms with E-state index in [-0.39, 0.29) is 0 Å². The molecule has 2 rings (SSSR count). The molecule has 1 spiro atoms. The number of hydrogen-bond acceptors (Lipinski definition) is 3. The van der Waals surface area contributed by atoms with Crippen molar-refractivity contribution in [3.63, 3.8) is 0 Å². The van der Waals surface area contributed by atoms with Crippen molar-refractivity contribution in [3.8, 4) is 0 Å². The maximum atomic E-state index is 5.32. The van der Waals surface area contributed by atoms with Crippen LogP contribution in [0, 0.1) is 5.41 Å². The second kappa shape index (κ2) is 2.40. The molecule has 1 heterocycles. The third kappa shape index (κ3) is 0.966. The third-order valence-corrected chi connectivity index (χ3v) is 2.60. The van der Waals surface area contributed by atoms with Crippen LogP contribution in [0.25, 0.3) is 0 Å². The van der Waals surface area contributed by atoms with Crippen molar-refractivity contribution < 1.29 is 9.47 Å². The minimum atomic E-state index is 0.474. The molecule has 0 amide bonds. The Morgan fingerprint density at radius 2 is 2.20 bits per heavy atom. The molecule has 1 aliphatic carbocycles. The van der Waals surface area contributed by atoms with Crippen molar-refractivity contribution in [2.75, 3.05) is 19.2 Å². The summed E-state index contributed by atoms with van der Waals surface area (Å²) in [5.74, 6) is 0.557. The highest BCUT2D eigenvalue weighted by Gasteiger charge is 2.50. The average molecular weight is 160 g/mol. The van der Waals surface area contributed by atoms with Gasteiger partial charge in [0.15, 0.2) is 0 Å². The summed E-state index contributed by atoms with van der Waals surface area (Å²) < 4.78 is 10.4. The minimum absolute atomic E-state index is 0.474. The lowest BCUT2D eigenvalue weighted by molar-refractivity contribution is -0.205. The van der Waals surface area contributed by atoms with Crippen LogP contribution in [-0.2, 0) is 9.47 Å². The Morgan fingerprint density at radius 3 is 2.60 bits per heavy atom. The summed E-state index contributed by atoms with van der Waals surface area (Å²) in [5.41, 5.74) is 0.535. The zero-order chi connectivity index (χ0) is 7.03. The molecule has 2 fully saturated rings. The highest BCUT2D eigenvalue weighted by Crippen LogP contribution is 2.48. The fraction of sp³-hybridized carbons (Fsp3) is 1.00. The van der Waals surface area contributed by atoms with Crippen LogP contribution >= 0.6 is 12.6 Å². The molecule has 0 atom stereocenters. The van der Waals surface area contributed by atoms with Gasteiger partial charge in [-0.1, -0.05) is 0 Å². The summed E-state index contributed by atoms with van der Waals surface area (Å²) >= 11 is 4.00. The van der Waals surface area contributed by atoms with E-state index in [1.54, 1.807) is 0 Å². The molecule has 2 nitrogen and oxygen atoms in total. The van der Waals surface area contributed by atoms with Crippen molar-refractivity contribution in [2.24, 2.45) is 5.41 Å². The summed E-state index contributed by atoms with van der Waals surface area (Å²) in [4.78, 5) is 0. The molecule has 0 radical (unpaired) electrons. The van der Waals surface area contributed by atoms with Crippen molar-refractivity contribution in [1.29, 1.82) is 0 Å². The molecule has 1 aliphatic heterocycles. The molecular formula is C7H12O2S. The van der Waals surface area contributed by atoms with Crippen LogP contribution in [0.4, 0.5) is 0 Å². The van der Waals surface area contributed by atoms with Crippen molar-refractivity contribution in [2.45, 2.75) is 18.9 Å². The molecule has 0 aromatic heterocycles. The number of ether oxygens (including phenoxy) is 2. The van der Waals surface area contributed by atoms with E-state index in [4.69, 9.17) is 9.47 Å². The first-order chi connectivity index (χ1) is 4.85. The van der Waals surface area contributed by atoms with Gasteiger partial charge in [0.2, 0.25) is 0 Å². The third-order valence-electron chi connectivity index (χ3n) is 2.45. The molecule has 3 heteroatoms. The highest BCUT2D eigenvalue weighted by atomic mass is 32.1. The molecule has 0 unspecified atom stereocenters. The summed E-state index contributed by atoms with van der Waals surface area (Å²) in [5, 5.41) is 0. The molecule has 0 aromatic rings. The fourth-order valence-electron chi connectivity index (χ4n) is 1.76. The summed E-state index contributed by atoms with van der Waals surface area (Å²) in [6.45, 7) is 1.92. The Labute approximate surface area is 66.3 Å². The van der Waals surface area contributed by atoms with Crippen molar-refractivity contribution >= 4 is 12.6 Å². The van der Waals surface area contributed by atoms with E-state index in [0.717, 1.165) is 13.2 Å². The van der Waals surface area contributed by atoms with Gasteiger partial charge < -0.3 is 9.47 Å². The van der Waals surface area contributed by atoms with E-state index >= 15 is 0 Å². The van der Waals surface area contributed by atoms with Crippen LogP contribution in [0.3, 0.4) is 0 Å². The Bertz CT molecular complexity index is 126. The zero-order valence-electron chi connectivity index (χ0n) is 5.88. The lowest BCUT2D eigenvalue weighted by Gasteiger charge is -2.52. The minimum Gasteiger partial charge on any atom is -0.380 e. The first-order valence-corrected chi connectivity index (χ1v) is 4.28. The van der Waals surface area contributed by atoms with Gasteiger partial charge in [-0.05, 0) is 12.8 Å². The van der Waals surface area contributed by atoms with Crippen LogP contribution < -0.4 is 0 Å². The average Bonchev–Trinajstić information content (AvgIpc) is 1.72. The zero-order valence-corrected chi connectivity index (χ0v) is 6.77. The van der Waals surface area contributed by atoms with Gasteiger partial charge in [-0.3, -0.25) is 0 Å². The summed E-state index contributed by atoms with van der Waals surface area (Å²) in [6.07, 6.45) is 2.85. The van der Waals surface area contributed by atoms with E-state index in [2.05, 4.69) is 12.6 Å². The normalized spacial score (nSPS) is 29.7. The van der Waals surface area contributed by atoms with Gasteiger partial charge in [-0.2, -0.15) is 12.6 Å². The van der Waals surface area contributed by atoms with Gasteiger partial charge in [-0.15, -0.1) is 0 Å². The Balaban J connectivity index is 1.72. The molecular weight excluding hydrogens is 148 g/mol. The van der Waals surface area contributed by atoms with Crippen LogP contribution in [0.15, 0.2) is 0 Å². The van der Waals surface area contributed by atoms with Gasteiger partial charge in [0.25, 0.3) is 0 Å². The maximum Gasteiger partial charge on any atom is 0.0896 e. The van der Waals surface area contributed by atoms with Gasteiger partial charge in [0, 0.05) is 5.41 Å². The fourth-order valence-corrected chi connectivity index (χ4v) is 1.97. The molecule has 0 bridgehead atoms. The first-order valence-electron chi connectivity index (χ1n) is 3.65. The summed E-state index contributed by atoms with van der Waals surface area (Å²) in [7, 11) is 0. The van der Waals surface area contributed by atoms with Crippen molar-refractivity contribution in [3.05, 3.63) is 0 Å². The molecule has 10 heavy (non-hydrogen) atoms. The van der Waals surface area contributed by atoms with Gasteiger partial charge >= 0.3 is 0 Å². The van der Waals surface area contributed by atoms with Gasteiger partial charge in [-0.25, -0.2) is 0 Å². The Morgan fingerprint density at radius 1 is 1.50 bits per heavy atom. The monoisotopic (exact) mass is 160 g/mol. The highest BCUT2D eigenvalue weighted by molar-refractivity contribution is 7.80. The maximum absolute atomic E-state index is 5.32. The number of thiol groups is 1. The van der Waals surface area contributed by atoms with E-state index in [9.17, 15) is 0 Å². The van der Waals surface area contributed by atoms with Crippen LogP contribution in [0.2, 0.25) is 0 Å². The Kier molecular flexibility index (Phi) is 1.66. The van der Waals surface area contributed by atoms with Crippen LogP contribution in [0.1, 0.15) is 12.8 Å². The van der Waals surface area contributed by atoms with Crippen molar-refractivity contribution in [1.82, 2.24) is 0 Å². The molecule has 58 valence electrons. The second-order valence-corrected chi connectivity index (χ2v) is 3.58. The largest absolute Gasteiger partial charge is 0.380 e. The molecule has 0 N–H and O–H groups in total. The quantitative estimate of drug-likeness (QED) is 0.481. The predicted molar refractivity (Wildman–Crippen MR) is 41.2 cm³/mol. The lowest BCUT2D eigenvalue weighted by atomic mass is 9.65. The lowest BCUT2D eigenvalue weighted by Crippen LogP contribution is -2.55. The molecule has 0 aromatic carbocycles. The van der Waals surface area contributed by atoms with E-state index < -0.39 is 0 Å². The van der Waals surface area contributed by atoms with Gasteiger partial charge in [0.05, 0.1) is 25.3 Å². The smallest absolute Gasteiger partial charge is 0.0896 e.